The number of rotatable bonds is 13. The molecule has 0 aliphatic carbocycles. The molecule has 0 spiro atoms. The zero-order valence-corrected chi connectivity index (χ0v) is 15.5. The Balaban J connectivity index is 2.18. The van der Waals surface area contributed by atoms with Gasteiger partial charge in [0.1, 0.15) is 16.0 Å². The molecule has 0 amide bonds. The zero-order valence-electron chi connectivity index (χ0n) is 13.9. The van der Waals surface area contributed by atoms with Gasteiger partial charge in [-0.15, -0.1) is 0 Å². The second-order valence-corrected chi connectivity index (χ2v) is 5.38. The molecule has 1 aromatic rings. The first kappa shape index (κ1) is 20.2. The van der Waals surface area contributed by atoms with E-state index in [1.807, 2.05) is 12.1 Å². The van der Waals surface area contributed by atoms with Crippen LogP contribution in [0.25, 0.3) is 0 Å². The van der Waals surface area contributed by atoms with Crippen molar-refractivity contribution < 1.29 is 28.4 Å². The van der Waals surface area contributed by atoms with E-state index in [0.29, 0.717) is 57.7 Å². The minimum absolute atomic E-state index is 0.466. The summed E-state index contributed by atoms with van der Waals surface area (Å²) in [5.41, 5.74) is 0.977. The van der Waals surface area contributed by atoms with E-state index in [2.05, 4.69) is 15.9 Å². The van der Waals surface area contributed by atoms with Gasteiger partial charge in [0.25, 0.3) is 0 Å². The summed E-state index contributed by atoms with van der Waals surface area (Å²) in [7, 11) is 4.88. The van der Waals surface area contributed by atoms with Crippen LogP contribution in [0.3, 0.4) is 0 Å². The van der Waals surface area contributed by atoms with Crippen molar-refractivity contribution in [1.29, 1.82) is 0 Å². The van der Waals surface area contributed by atoms with E-state index < -0.39 is 0 Å². The first-order valence-electron chi connectivity index (χ1n) is 7.35. The van der Waals surface area contributed by atoms with E-state index in [9.17, 15) is 0 Å². The lowest BCUT2D eigenvalue weighted by Crippen LogP contribution is -2.11. The zero-order chi connectivity index (χ0) is 16.9. The normalized spacial score (nSPS) is 10.8. The SMILES string of the molecule is COCCOCCOCCOCc1cc(OC)c(Br)c(OC)c1. The van der Waals surface area contributed by atoms with Crippen molar-refractivity contribution in [3.63, 3.8) is 0 Å². The average Bonchev–Trinajstić information content (AvgIpc) is 2.57. The van der Waals surface area contributed by atoms with Crippen LogP contribution in [-0.2, 0) is 25.6 Å². The van der Waals surface area contributed by atoms with Crippen LogP contribution in [0.1, 0.15) is 5.56 Å². The Morgan fingerprint density at radius 2 is 1.22 bits per heavy atom. The van der Waals surface area contributed by atoms with Gasteiger partial charge in [0.2, 0.25) is 0 Å². The van der Waals surface area contributed by atoms with Crippen molar-refractivity contribution in [2.75, 3.05) is 61.0 Å². The summed E-state index contributed by atoms with van der Waals surface area (Å²) in [4.78, 5) is 0. The first-order chi connectivity index (χ1) is 11.2. The molecule has 132 valence electrons. The summed E-state index contributed by atoms with van der Waals surface area (Å²) in [5, 5.41) is 0. The van der Waals surface area contributed by atoms with E-state index in [1.165, 1.54) is 0 Å². The third-order valence-electron chi connectivity index (χ3n) is 2.95. The molecule has 0 aromatic heterocycles. The number of hydrogen-bond donors (Lipinski definition) is 0. The van der Waals surface area contributed by atoms with Gasteiger partial charge in [0.15, 0.2) is 0 Å². The summed E-state index contributed by atoms with van der Waals surface area (Å²) in [6.45, 7) is 3.80. The number of hydrogen-bond acceptors (Lipinski definition) is 6. The second-order valence-electron chi connectivity index (χ2n) is 4.58. The van der Waals surface area contributed by atoms with Crippen LogP contribution in [0.15, 0.2) is 16.6 Å². The average molecular weight is 393 g/mol. The Bertz CT molecular complexity index is 416. The highest BCUT2D eigenvalue weighted by molar-refractivity contribution is 9.10. The van der Waals surface area contributed by atoms with Crippen LogP contribution in [0.5, 0.6) is 11.5 Å². The fourth-order valence-electron chi connectivity index (χ4n) is 1.78. The molecule has 0 saturated carbocycles. The summed E-state index contributed by atoms with van der Waals surface area (Å²) in [6.07, 6.45) is 0. The minimum Gasteiger partial charge on any atom is -0.495 e. The monoisotopic (exact) mass is 392 g/mol. The largest absolute Gasteiger partial charge is 0.495 e. The molecule has 7 heteroatoms. The van der Waals surface area contributed by atoms with E-state index in [0.717, 1.165) is 10.0 Å². The maximum absolute atomic E-state index is 5.59. The Morgan fingerprint density at radius 3 is 1.70 bits per heavy atom. The highest BCUT2D eigenvalue weighted by Crippen LogP contribution is 2.35. The molecule has 23 heavy (non-hydrogen) atoms. The lowest BCUT2D eigenvalue weighted by molar-refractivity contribution is 0.000835. The van der Waals surface area contributed by atoms with E-state index in [4.69, 9.17) is 28.4 Å². The van der Waals surface area contributed by atoms with Gasteiger partial charge in [-0.1, -0.05) is 0 Å². The summed E-state index contributed by atoms with van der Waals surface area (Å²) < 4.78 is 32.6. The molecular weight excluding hydrogens is 368 g/mol. The maximum Gasteiger partial charge on any atom is 0.137 e. The molecule has 0 fully saturated rings. The van der Waals surface area contributed by atoms with Crippen LogP contribution >= 0.6 is 15.9 Å². The number of ether oxygens (including phenoxy) is 6. The van der Waals surface area contributed by atoms with Crippen LogP contribution in [-0.4, -0.2) is 61.0 Å². The van der Waals surface area contributed by atoms with Crippen molar-refractivity contribution >= 4 is 15.9 Å². The molecule has 0 aliphatic heterocycles. The standard InChI is InChI=1S/C16H25BrO6/c1-18-4-5-21-6-7-22-8-9-23-12-13-10-14(19-2)16(17)15(11-13)20-3/h10-11H,4-9,12H2,1-3H3. The molecular formula is C16H25BrO6. The topological polar surface area (TPSA) is 55.4 Å². The molecule has 0 aliphatic rings. The van der Waals surface area contributed by atoms with Crippen molar-refractivity contribution in [3.05, 3.63) is 22.2 Å². The van der Waals surface area contributed by atoms with Crippen molar-refractivity contribution in [1.82, 2.24) is 0 Å². The second kappa shape index (κ2) is 12.5. The van der Waals surface area contributed by atoms with Gasteiger partial charge in [-0.25, -0.2) is 0 Å². The maximum atomic E-state index is 5.59. The first-order valence-corrected chi connectivity index (χ1v) is 8.14. The van der Waals surface area contributed by atoms with E-state index >= 15 is 0 Å². The van der Waals surface area contributed by atoms with Gasteiger partial charge in [0, 0.05) is 7.11 Å². The Morgan fingerprint density at radius 1 is 0.739 bits per heavy atom. The predicted molar refractivity (Wildman–Crippen MR) is 90.4 cm³/mol. The van der Waals surface area contributed by atoms with Gasteiger partial charge in [-0.3, -0.25) is 0 Å². The van der Waals surface area contributed by atoms with Crippen LogP contribution in [0, 0.1) is 0 Å². The lowest BCUT2D eigenvalue weighted by atomic mass is 10.2. The van der Waals surface area contributed by atoms with E-state index in [1.54, 1.807) is 21.3 Å². The molecule has 0 N–H and O–H groups in total. The summed E-state index contributed by atoms with van der Waals surface area (Å²) >= 11 is 3.44. The van der Waals surface area contributed by atoms with Gasteiger partial charge in [-0.05, 0) is 33.6 Å². The molecule has 1 aromatic carbocycles. The van der Waals surface area contributed by atoms with Crippen LogP contribution in [0.4, 0.5) is 0 Å². The Labute approximate surface area is 146 Å². The van der Waals surface area contributed by atoms with Gasteiger partial charge in [0.05, 0.1) is 60.5 Å². The number of methoxy groups -OCH3 is 3. The quantitative estimate of drug-likeness (QED) is 0.481. The number of halogens is 1. The van der Waals surface area contributed by atoms with Gasteiger partial charge < -0.3 is 28.4 Å². The van der Waals surface area contributed by atoms with Gasteiger partial charge >= 0.3 is 0 Å². The van der Waals surface area contributed by atoms with Crippen molar-refractivity contribution in [3.8, 4) is 11.5 Å². The molecule has 0 saturated heterocycles. The summed E-state index contributed by atoms with van der Waals surface area (Å²) in [5.74, 6) is 1.43. The molecule has 0 unspecified atom stereocenters. The lowest BCUT2D eigenvalue weighted by Gasteiger charge is -2.12. The molecule has 0 radical (unpaired) electrons. The molecule has 0 atom stereocenters. The highest BCUT2D eigenvalue weighted by atomic mass is 79.9. The minimum atomic E-state index is 0.466. The highest BCUT2D eigenvalue weighted by Gasteiger charge is 2.09. The third-order valence-corrected chi connectivity index (χ3v) is 3.73. The molecule has 0 heterocycles. The molecule has 0 bridgehead atoms. The molecule has 1 rings (SSSR count). The van der Waals surface area contributed by atoms with Crippen molar-refractivity contribution in [2.24, 2.45) is 0 Å². The Kier molecular flexibility index (Phi) is 11.0. The van der Waals surface area contributed by atoms with Gasteiger partial charge in [-0.2, -0.15) is 0 Å². The smallest absolute Gasteiger partial charge is 0.137 e. The summed E-state index contributed by atoms with van der Waals surface area (Å²) in [6, 6.07) is 3.83. The van der Waals surface area contributed by atoms with Crippen molar-refractivity contribution in [2.45, 2.75) is 6.61 Å². The fraction of sp³-hybridized carbons (Fsp3) is 0.625. The predicted octanol–water partition coefficient (Wildman–Crippen LogP) is 2.66. The van der Waals surface area contributed by atoms with Crippen LogP contribution < -0.4 is 9.47 Å². The molecule has 6 nitrogen and oxygen atoms in total. The Hall–Kier alpha value is -0.860. The number of benzene rings is 1. The third kappa shape index (κ3) is 7.99. The van der Waals surface area contributed by atoms with E-state index in [-0.39, 0.29) is 0 Å². The fourth-order valence-corrected chi connectivity index (χ4v) is 2.33. The van der Waals surface area contributed by atoms with Crippen LogP contribution in [0.2, 0.25) is 0 Å².